The monoisotopic (exact) mass is 426 g/mol. The van der Waals surface area contributed by atoms with Crippen LogP contribution >= 0.6 is 0 Å². The zero-order valence-corrected chi connectivity index (χ0v) is 16.6. The number of hydrogen-bond acceptors (Lipinski definition) is 3. The molecule has 0 aromatic heterocycles. The molecule has 3 rings (SSSR count). The molecule has 0 spiro atoms. The highest BCUT2D eigenvalue weighted by atomic mass is 32.2. The van der Waals surface area contributed by atoms with Gasteiger partial charge >= 0.3 is 0 Å². The van der Waals surface area contributed by atoms with Gasteiger partial charge in [0.05, 0.1) is 0 Å². The number of benzene rings is 2. The number of halogens is 3. The maximum absolute atomic E-state index is 14.4. The van der Waals surface area contributed by atoms with Crippen molar-refractivity contribution in [1.82, 2.24) is 4.31 Å². The third kappa shape index (κ3) is 4.45. The van der Waals surface area contributed by atoms with Gasteiger partial charge in [0.25, 0.3) is 5.91 Å². The van der Waals surface area contributed by atoms with Gasteiger partial charge in [0.15, 0.2) is 11.6 Å². The molecule has 0 aliphatic carbocycles. The number of anilines is 1. The SMILES string of the molecule is CC[C@@H]1CCCCN1S(=O)(=O)c1cc(C(=O)Nc2ccc(F)c(F)c2)ccc1F. The van der Waals surface area contributed by atoms with Crippen LogP contribution in [-0.2, 0) is 10.0 Å². The van der Waals surface area contributed by atoms with Crippen LogP contribution in [0.2, 0.25) is 0 Å². The van der Waals surface area contributed by atoms with Gasteiger partial charge in [-0.1, -0.05) is 13.3 Å². The van der Waals surface area contributed by atoms with E-state index in [1.165, 1.54) is 4.31 Å². The molecule has 1 saturated heterocycles. The Morgan fingerprint density at radius 2 is 1.79 bits per heavy atom. The topological polar surface area (TPSA) is 66.5 Å². The standard InChI is InChI=1S/C20H21F3N2O3S/c1-2-15-5-3-4-10-25(15)29(27,28)19-11-13(6-8-17(19)22)20(26)24-14-7-9-16(21)18(23)12-14/h6-9,11-12,15H,2-5,10H2,1H3,(H,24,26)/t15-/m1/s1. The van der Waals surface area contributed by atoms with Gasteiger partial charge in [0.1, 0.15) is 10.7 Å². The lowest BCUT2D eigenvalue weighted by Gasteiger charge is -2.34. The van der Waals surface area contributed by atoms with E-state index in [2.05, 4.69) is 5.32 Å². The van der Waals surface area contributed by atoms with Crippen LogP contribution in [0.25, 0.3) is 0 Å². The molecule has 1 amide bonds. The molecule has 29 heavy (non-hydrogen) atoms. The molecule has 0 radical (unpaired) electrons. The first-order valence-corrected chi connectivity index (χ1v) is 10.8. The Balaban J connectivity index is 1.90. The van der Waals surface area contributed by atoms with Crippen LogP contribution in [-0.4, -0.2) is 31.2 Å². The van der Waals surface area contributed by atoms with Gasteiger partial charge in [-0.15, -0.1) is 0 Å². The van der Waals surface area contributed by atoms with Crippen molar-refractivity contribution in [3.63, 3.8) is 0 Å². The zero-order chi connectivity index (χ0) is 21.2. The van der Waals surface area contributed by atoms with Crippen LogP contribution in [0, 0.1) is 17.5 Å². The summed E-state index contributed by atoms with van der Waals surface area (Å²) in [5, 5.41) is 2.35. The van der Waals surface area contributed by atoms with Crippen molar-refractivity contribution >= 4 is 21.6 Å². The normalized spacial score (nSPS) is 17.9. The lowest BCUT2D eigenvalue weighted by Crippen LogP contribution is -2.43. The van der Waals surface area contributed by atoms with E-state index in [0.717, 1.165) is 42.8 Å². The number of sulfonamides is 1. The Hall–Kier alpha value is -2.39. The van der Waals surface area contributed by atoms with Crippen LogP contribution in [0.15, 0.2) is 41.3 Å². The Kier molecular flexibility index (Phi) is 6.28. The number of piperidine rings is 1. The van der Waals surface area contributed by atoms with Gasteiger partial charge < -0.3 is 5.32 Å². The second kappa shape index (κ2) is 8.54. The molecule has 9 heteroatoms. The number of amides is 1. The average molecular weight is 426 g/mol. The first-order valence-electron chi connectivity index (χ1n) is 9.32. The summed E-state index contributed by atoms with van der Waals surface area (Å²) < 4.78 is 68.2. The van der Waals surface area contributed by atoms with Gasteiger partial charge in [-0.25, -0.2) is 21.6 Å². The zero-order valence-electron chi connectivity index (χ0n) is 15.8. The fourth-order valence-corrected chi connectivity index (χ4v) is 5.30. The number of hydrogen-bond donors (Lipinski definition) is 1. The summed E-state index contributed by atoms with van der Waals surface area (Å²) in [5.74, 6) is -3.92. The number of nitrogens with one attached hydrogen (secondary N) is 1. The van der Waals surface area contributed by atoms with Crippen molar-refractivity contribution in [2.24, 2.45) is 0 Å². The minimum Gasteiger partial charge on any atom is -0.322 e. The molecule has 1 fully saturated rings. The summed E-state index contributed by atoms with van der Waals surface area (Å²) in [7, 11) is -4.13. The molecule has 0 saturated carbocycles. The van der Waals surface area contributed by atoms with E-state index in [-0.39, 0.29) is 17.3 Å². The maximum atomic E-state index is 14.4. The van der Waals surface area contributed by atoms with E-state index < -0.39 is 38.3 Å². The highest BCUT2D eigenvalue weighted by Gasteiger charge is 2.34. The van der Waals surface area contributed by atoms with Crippen LogP contribution < -0.4 is 5.32 Å². The molecule has 1 aliphatic heterocycles. The molecule has 5 nitrogen and oxygen atoms in total. The fraction of sp³-hybridized carbons (Fsp3) is 0.350. The second-order valence-corrected chi connectivity index (χ2v) is 8.76. The predicted molar refractivity (Wildman–Crippen MR) is 103 cm³/mol. The fourth-order valence-electron chi connectivity index (χ4n) is 3.44. The molecule has 156 valence electrons. The third-order valence-corrected chi connectivity index (χ3v) is 6.97. The lowest BCUT2D eigenvalue weighted by atomic mass is 10.0. The van der Waals surface area contributed by atoms with Crippen molar-refractivity contribution in [2.45, 2.75) is 43.5 Å². The van der Waals surface area contributed by atoms with Crippen molar-refractivity contribution < 1.29 is 26.4 Å². The molecule has 2 aromatic carbocycles. The summed E-state index contributed by atoms with van der Waals surface area (Å²) in [6.07, 6.45) is 2.90. The van der Waals surface area contributed by atoms with E-state index in [4.69, 9.17) is 0 Å². The molecular formula is C20H21F3N2O3S. The van der Waals surface area contributed by atoms with Crippen LogP contribution in [0.4, 0.5) is 18.9 Å². The van der Waals surface area contributed by atoms with Crippen LogP contribution in [0.3, 0.4) is 0 Å². The molecule has 1 atom stereocenters. The minimum atomic E-state index is -4.13. The summed E-state index contributed by atoms with van der Waals surface area (Å²) in [4.78, 5) is 11.9. The molecule has 0 bridgehead atoms. The summed E-state index contributed by atoms with van der Waals surface area (Å²) >= 11 is 0. The van der Waals surface area contributed by atoms with Gasteiger partial charge in [-0.3, -0.25) is 4.79 Å². The number of carbonyl (C=O) groups excluding carboxylic acids is 1. The highest BCUT2D eigenvalue weighted by Crippen LogP contribution is 2.29. The number of nitrogens with zero attached hydrogens (tertiary/aromatic N) is 1. The van der Waals surface area contributed by atoms with E-state index >= 15 is 0 Å². The Morgan fingerprint density at radius 1 is 1.07 bits per heavy atom. The summed E-state index contributed by atoms with van der Waals surface area (Å²) in [5.41, 5.74) is -0.121. The Morgan fingerprint density at radius 3 is 2.48 bits per heavy atom. The van der Waals surface area contributed by atoms with Crippen molar-refractivity contribution in [3.8, 4) is 0 Å². The van der Waals surface area contributed by atoms with Gasteiger partial charge in [-0.2, -0.15) is 4.31 Å². The smallest absolute Gasteiger partial charge is 0.255 e. The Labute approximate surface area is 167 Å². The molecule has 0 unspecified atom stereocenters. The predicted octanol–water partition coefficient (Wildman–Crippen LogP) is 4.31. The molecule has 2 aromatic rings. The van der Waals surface area contributed by atoms with Crippen molar-refractivity contribution in [2.75, 3.05) is 11.9 Å². The van der Waals surface area contributed by atoms with E-state index in [9.17, 15) is 26.4 Å². The molecule has 1 N–H and O–H groups in total. The minimum absolute atomic E-state index is 0.00953. The van der Waals surface area contributed by atoms with Crippen LogP contribution in [0.1, 0.15) is 43.0 Å². The van der Waals surface area contributed by atoms with Crippen LogP contribution in [0.5, 0.6) is 0 Å². The molecule has 1 heterocycles. The summed E-state index contributed by atoms with van der Waals surface area (Å²) in [6, 6.07) is 5.63. The number of rotatable bonds is 5. The van der Waals surface area contributed by atoms with E-state index in [1.807, 2.05) is 6.92 Å². The Bertz CT molecular complexity index is 1030. The van der Waals surface area contributed by atoms with Gasteiger partial charge in [-0.05, 0) is 49.6 Å². The largest absolute Gasteiger partial charge is 0.322 e. The number of carbonyl (C=O) groups is 1. The quantitative estimate of drug-likeness (QED) is 0.775. The molecular weight excluding hydrogens is 405 g/mol. The van der Waals surface area contributed by atoms with Gasteiger partial charge in [0.2, 0.25) is 10.0 Å². The van der Waals surface area contributed by atoms with E-state index in [0.29, 0.717) is 25.8 Å². The highest BCUT2D eigenvalue weighted by molar-refractivity contribution is 7.89. The van der Waals surface area contributed by atoms with Crippen molar-refractivity contribution in [3.05, 3.63) is 59.4 Å². The first kappa shape index (κ1) is 21.3. The maximum Gasteiger partial charge on any atom is 0.255 e. The van der Waals surface area contributed by atoms with Crippen molar-refractivity contribution in [1.29, 1.82) is 0 Å². The van der Waals surface area contributed by atoms with Gasteiger partial charge in [0, 0.05) is 29.9 Å². The average Bonchev–Trinajstić information content (AvgIpc) is 2.70. The second-order valence-electron chi connectivity index (χ2n) is 6.90. The lowest BCUT2D eigenvalue weighted by molar-refractivity contribution is 0.102. The van der Waals surface area contributed by atoms with E-state index in [1.54, 1.807) is 0 Å². The summed E-state index contributed by atoms with van der Waals surface area (Å²) in [6.45, 7) is 2.17. The first-order chi connectivity index (χ1) is 13.7. The molecule has 1 aliphatic rings. The third-order valence-electron chi connectivity index (χ3n) is 5.00.